The van der Waals surface area contributed by atoms with E-state index in [-0.39, 0.29) is 29.4 Å². The Morgan fingerprint density at radius 1 is 0.632 bits per heavy atom. The van der Waals surface area contributed by atoms with E-state index >= 15 is 0 Å². The van der Waals surface area contributed by atoms with Gasteiger partial charge < -0.3 is 19.0 Å². The molecule has 0 saturated carbocycles. The highest BCUT2D eigenvalue weighted by molar-refractivity contribution is 6.09. The zero-order valence-corrected chi connectivity index (χ0v) is 31.6. The fraction of sp³-hybridized carbons (Fsp3) is 0.132. The van der Waals surface area contributed by atoms with E-state index in [2.05, 4.69) is 205 Å². The monoisotopic (exact) mass is 736 g/mol. The molecule has 0 amide bonds. The molecule has 5 unspecified atom stereocenters. The van der Waals surface area contributed by atoms with Crippen LogP contribution in [-0.4, -0.2) is 11.6 Å². The van der Waals surface area contributed by atoms with Crippen molar-refractivity contribution in [3.63, 3.8) is 0 Å². The van der Waals surface area contributed by atoms with Gasteiger partial charge in [0.1, 0.15) is 17.4 Å². The van der Waals surface area contributed by atoms with Crippen molar-refractivity contribution in [3.05, 3.63) is 204 Å². The van der Waals surface area contributed by atoms with Crippen molar-refractivity contribution in [2.75, 3.05) is 9.80 Å². The highest BCUT2D eigenvalue weighted by Gasteiger charge is 2.50. The molecule has 2 heterocycles. The van der Waals surface area contributed by atoms with Crippen molar-refractivity contribution in [1.29, 1.82) is 0 Å². The average Bonchev–Trinajstić information content (AvgIpc) is 3.85. The van der Waals surface area contributed by atoms with E-state index in [1.165, 1.54) is 27.8 Å². The number of fused-ring (bicyclic) bond motifs is 6. The smallest absolute Gasteiger partial charge is 0.159 e. The van der Waals surface area contributed by atoms with Crippen LogP contribution in [-0.2, 0) is 0 Å². The number of hydrogen-bond acceptors (Lipinski definition) is 4. The van der Waals surface area contributed by atoms with Gasteiger partial charge in [0.2, 0.25) is 0 Å². The SMILES string of the molecule is CC1(N(c2ccccc2)c2cccc3c2oc2ccccc23)CC=C2C=Cc3c(N(c4ccccc4)c4cccc5c4OC4C=CC=CC54)ccc4c3C2C1C=C4. The number of hydrogen-bond donors (Lipinski definition) is 0. The van der Waals surface area contributed by atoms with Crippen molar-refractivity contribution in [2.45, 2.75) is 36.8 Å². The quantitative estimate of drug-likeness (QED) is 0.170. The fourth-order valence-corrected chi connectivity index (χ4v) is 10.5. The average molecular weight is 737 g/mol. The minimum Gasteiger partial charge on any atom is -0.483 e. The molecule has 7 aromatic rings. The first kappa shape index (κ1) is 32.5. The third-order valence-corrected chi connectivity index (χ3v) is 13.1. The maximum atomic E-state index is 6.80. The summed E-state index contributed by atoms with van der Waals surface area (Å²) in [5.74, 6) is 1.50. The lowest BCUT2D eigenvalue weighted by Crippen LogP contribution is -2.53. The molecule has 0 spiro atoms. The number of benzene rings is 6. The number of anilines is 5. The van der Waals surface area contributed by atoms with Crippen LogP contribution < -0.4 is 14.5 Å². The largest absolute Gasteiger partial charge is 0.483 e. The number of para-hydroxylation sites is 5. The second-order valence-corrected chi connectivity index (χ2v) is 16.1. The van der Waals surface area contributed by atoms with E-state index < -0.39 is 0 Å². The molecule has 0 saturated heterocycles. The Labute approximate surface area is 332 Å². The minimum atomic E-state index is -0.333. The van der Waals surface area contributed by atoms with Gasteiger partial charge >= 0.3 is 0 Å². The van der Waals surface area contributed by atoms with E-state index in [9.17, 15) is 0 Å². The van der Waals surface area contributed by atoms with Gasteiger partial charge in [0, 0.05) is 51.0 Å². The fourth-order valence-electron chi connectivity index (χ4n) is 10.5. The molecule has 1 aliphatic heterocycles. The van der Waals surface area contributed by atoms with Gasteiger partial charge in [-0.25, -0.2) is 0 Å². The lowest BCUT2D eigenvalue weighted by atomic mass is 9.60. The lowest BCUT2D eigenvalue weighted by molar-refractivity contribution is 0.269. The zero-order chi connectivity index (χ0) is 37.7. The summed E-state index contributed by atoms with van der Waals surface area (Å²) in [6.07, 6.45) is 21.7. The Bertz CT molecular complexity index is 2910. The van der Waals surface area contributed by atoms with Crippen LogP contribution in [0.4, 0.5) is 28.4 Å². The molecule has 4 aliphatic carbocycles. The Kier molecular flexibility index (Phi) is 7.04. The number of rotatable bonds is 6. The van der Waals surface area contributed by atoms with Crippen LogP contribution in [0.15, 0.2) is 186 Å². The van der Waals surface area contributed by atoms with E-state index in [0.29, 0.717) is 0 Å². The maximum Gasteiger partial charge on any atom is 0.159 e. The van der Waals surface area contributed by atoms with Crippen LogP contribution in [0, 0.1) is 5.92 Å². The summed E-state index contributed by atoms with van der Waals surface area (Å²) < 4.78 is 13.5. The summed E-state index contributed by atoms with van der Waals surface area (Å²) >= 11 is 0. The molecule has 4 nitrogen and oxygen atoms in total. The topological polar surface area (TPSA) is 28.9 Å². The molecule has 0 radical (unpaired) electrons. The van der Waals surface area contributed by atoms with Crippen LogP contribution in [0.1, 0.15) is 47.4 Å². The Balaban J connectivity index is 1.04. The van der Waals surface area contributed by atoms with Gasteiger partial charge in [0.05, 0.1) is 22.6 Å². The van der Waals surface area contributed by atoms with Crippen LogP contribution in [0.2, 0.25) is 0 Å². The molecule has 0 bridgehead atoms. The molecular weight excluding hydrogens is 697 g/mol. The Morgan fingerprint density at radius 3 is 2.26 bits per heavy atom. The summed E-state index contributed by atoms with van der Waals surface area (Å²) in [5.41, 5.74) is 13.6. The normalized spacial score (nSPS) is 23.1. The van der Waals surface area contributed by atoms with Crippen LogP contribution in [0.3, 0.4) is 0 Å². The summed E-state index contributed by atoms with van der Waals surface area (Å²) in [7, 11) is 0. The molecular formula is C53H40N2O2. The van der Waals surface area contributed by atoms with Crippen molar-refractivity contribution in [2.24, 2.45) is 5.92 Å². The van der Waals surface area contributed by atoms with Gasteiger partial charge in [-0.15, -0.1) is 0 Å². The lowest BCUT2D eigenvalue weighted by Gasteiger charge is -2.53. The molecule has 274 valence electrons. The highest BCUT2D eigenvalue weighted by atomic mass is 16.5. The standard InChI is InChI=1S/C53H40N2O2/c1-53(55(37-16-6-3-7-17-37)46-23-13-21-41-39-19-9-11-25-48(39)57-52(41)46)33-32-35-26-29-42-44(31-28-34-27-30-43(53)50(35)49(34)42)54(36-14-4-2-5-15-36)45-22-12-20-40-38-18-8-10-24-47(38)56-51(40)45/h2-32,38,43,47,50H,33H2,1H3. The van der Waals surface area contributed by atoms with E-state index in [0.717, 1.165) is 62.5 Å². The number of furan rings is 1. The molecule has 0 N–H and O–H groups in total. The minimum absolute atomic E-state index is 0.00188. The van der Waals surface area contributed by atoms with Gasteiger partial charge in [-0.1, -0.05) is 134 Å². The second-order valence-electron chi connectivity index (χ2n) is 16.1. The second kappa shape index (κ2) is 12.4. The molecule has 5 atom stereocenters. The van der Waals surface area contributed by atoms with Crippen LogP contribution in [0.25, 0.3) is 34.1 Å². The molecule has 4 heteroatoms. The van der Waals surface area contributed by atoms with Crippen molar-refractivity contribution >= 4 is 62.5 Å². The van der Waals surface area contributed by atoms with E-state index in [4.69, 9.17) is 9.15 Å². The van der Waals surface area contributed by atoms with Crippen molar-refractivity contribution < 1.29 is 9.15 Å². The molecule has 5 aliphatic rings. The molecule has 1 aromatic heterocycles. The first-order chi connectivity index (χ1) is 28.2. The van der Waals surface area contributed by atoms with Crippen molar-refractivity contribution in [3.8, 4) is 5.75 Å². The van der Waals surface area contributed by atoms with Gasteiger partial charge in [-0.05, 0) is 84.7 Å². The summed E-state index contributed by atoms with van der Waals surface area (Å²) in [5, 5.41) is 2.28. The predicted molar refractivity (Wildman–Crippen MR) is 234 cm³/mol. The highest BCUT2D eigenvalue weighted by Crippen LogP contribution is 2.59. The molecule has 12 rings (SSSR count). The van der Waals surface area contributed by atoms with Gasteiger partial charge in [0.15, 0.2) is 5.58 Å². The van der Waals surface area contributed by atoms with Gasteiger partial charge in [0.25, 0.3) is 0 Å². The maximum absolute atomic E-state index is 6.80. The molecule has 57 heavy (non-hydrogen) atoms. The third kappa shape index (κ3) is 4.74. The Morgan fingerprint density at radius 2 is 1.39 bits per heavy atom. The first-order valence-corrected chi connectivity index (χ1v) is 20.1. The molecule has 0 fully saturated rings. The van der Waals surface area contributed by atoms with Crippen LogP contribution in [0.5, 0.6) is 5.75 Å². The van der Waals surface area contributed by atoms with E-state index in [1.807, 2.05) is 0 Å². The Hall–Kier alpha value is -6.78. The third-order valence-electron chi connectivity index (χ3n) is 13.1. The number of nitrogens with zero attached hydrogens (tertiary/aromatic N) is 2. The molecule has 6 aromatic carbocycles. The van der Waals surface area contributed by atoms with E-state index in [1.54, 1.807) is 0 Å². The van der Waals surface area contributed by atoms with Crippen molar-refractivity contribution in [1.82, 2.24) is 0 Å². The van der Waals surface area contributed by atoms with Crippen LogP contribution >= 0.6 is 0 Å². The number of allylic oxidation sites excluding steroid dienone is 4. The summed E-state index contributed by atoms with van der Waals surface area (Å²) in [6.45, 7) is 2.46. The summed E-state index contributed by atoms with van der Waals surface area (Å²) in [4.78, 5) is 5.00. The first-order valence-electron chi connectivity index (χ1n) is 20.1. The number of ether oxygens (including phenoxy) is 1. The predicted octanol–water partition coefficient (Wildman–Crippen LogP) is 13.7. The zero-order valence-electron chi connectivity index (χ0n) is 31.6. The van der Waals surface area contributed by atoms with Gasteiger partial charge in [-0.3, -0.25) is 0 Å². The van der Waals surface area contributed by atoms with Gasteiger partial charge in [-0.2, -0.15) is 0 Å². The summed E-state index contributed by atoms with van der Waals surface area (Å²) in [6, 6.07) is 48.0.